The van der Waals surface area contributed by atoms with Gasteiger partial charge in [-0.3, -0.25) is 0 Å². The van der Waals surface area contributed by atoms with Gasteiger partial charge in [0, 0.05) is 5.41 Å². The van der Waals surface area contributed by atoms with Crippen molar-refractivity contribution in [1.82, 2.24) is 0 Å². The minimum atomic E-state index is -0.169. The second-order valence-electron chi connectivity index (χ2n) is 5.79. The lowest BCUT2D eigenvalue weighted by Crippen LogP contribution is -2.45. The van der Waals surface area contributed by atoms with Gasteiger partial charge < -0.3 is 9.84 Å². The molecule has 0 aromatic heterocycles. The Morgan fingerprint density at radius 2 is 2.00 bits per heavy atom. The second-order valence-corrected chi connectivity index (χ2v) is 5.79. The van der Waals surface area contributed by atoms with Gasteiger partial charge in [0.15, 0.2) is 0 Å². The Bertz CT molecular complexity index is 433. The van der Waals surface area contributed by atoms with E-state index in [9.17, 15) is 5.11 Å². The van der Waals surface area contributed by atoms with Gasteiger partial charge in [0.25, 0.3) is 0 Å². The zero-order valence-electron chi connectivity index (χ0n) is 11.1. The van der Waals surface area contributed by atoms with Gasteiger partial charge >= 0.3 is 0 Å². The van der Waals surface area contributed by atoms with Crippen molar-refractivity contribution in [2.24, 2.45) is 0 Å². The zero-order chi connectivity index (χ0) is 12.6. The average molecular weight is 246 g/mol. The molecule has 1 N–H and O–H groups in total. The highest BCUT2D eigenvalue weighted by Gasteiger charge is 2.44. The van der Waals surface area contributed by atoms with E-state index in [1.54, 1.807) is 7.11 Å². The molecule has 1 aromatic carbocycles. The molecule has 2 heteroatoms. The number of hydrogen-bond acceptors (Lipinski definition) is 2. The third kappa shape index (κ3) is 1.74. The van der Waals surface area contributed by atoms with Crippen LogP contribution in [0.15, 0.2) is 18.2 Å². The summed E-state index contributed by atoms with van der Waals surface area (Å²) in [5, 5.41) is 10.6. The van der Waals surface area contributed by atoms with Crippen LogP contribution in [-0.2, 0) is 11.8 Å². The maximum absolute atomic E-state index is 10.6. The average Bonchev–Trinajstić information content (AvgIpc) is 2.44. The zero-order valence-corrected chi connectivity index (χ0v) is 11.1. The Balaban J connectivity index is 2.09. The van der Waals surface area contributed by atoms with Crippen LogP contribution in [0.5, 0.6) is 5.75 Å². The molecule has 2 nitrogen and oxygen atoms in total. The molecule has 1 aromatic rings. The molecule has 1 spiro atoms. The van der Waals surface area contributed by atoms with E-state index in [4.69, 9.17) is 4.74 Å². The summed E-state index contributed by atoms with van der Waals surface area (Å²) < 4.78 is 5.37. The van der Waals surface area contributed by atoms with Crippen molar-refractivity contribution >= 4 is 0 Å². The van der Waals surface area contributed by atoms with Crippen LogP contribution in [-0.4, -0.2) is 18.3 Å². The first kappa shape index (κ1) is 12.0. The number of benzene rings is 1. The van der Waals surface area contributed by atoms with E-state index in [1.807, 2.05) is 6.07 Å². The maximum atomic E-state index is 10.6. The van der Waals surface area contributed by atoms with Gasteiger partial charge in [-0.25, -0.2) is 0 Å². The minimum Gasteiger partial charge on any atom is -0.497 e. The fraction of sp³-hybridized carbons (Fsp3) is 0.625. The molecular weight excluding hydrogens is 224 g/mol. The first-order valence-corrected chi connectivity index (χ1v) is 7.12. The number of hydrogen-bond donors (Lipinski definition) is 1. The fourth-order valence-electron chi connectivity index (χ4n) is 3.90. The van der Waals surface area contributed by atoms with Crippen molar-refractivity contribution < 1.29 is 9.84 Å². The SMILES string of the molecule is COc1ccc2c(c1)C1(CCCCC1)C(O)CC2. The van der Waals surface area contributed by atoms with Crippen LogP contribution in [0.4, 0.5) is 0 Å². The first-order valence-electron chi connectivity index (χ1n) is 7.12. The van der Waals surface area contributed by atoms with Crippen molar-refractivity contribution in [3.63, 3.8) is 0 Å². The summed E-state index contributed by atoms with van der Waals surface area (Å²) in [5.41, 5.74) is 2.80. The Kier molecular flexibility index (Phi) is 3.06. The Hall–Kier alpha value is -1.02. The highest BCUT2D eigenvalue weighted by Crippen LogP contribution is 2.48. The largest absolute Gasteiger partial charge is 0.497 e. The molecule has 1 fully saturated rings. The molecule has 18 heavy (non-hydrogen) atoms. The van der Waals surface area contributed by atoms with Crippen molar-refractivity contribution in [3.8, 4) is 5.75 Å². The van der Waals surface area contributed by atoms with Gasteiger partial charge in [0.1, 0.15) is 5.75 Å². The summed E-state index contributed by atoms with van der Waals surface area (Å²) in [7, 11) is 1.72. The number of aliphatic hydroxyl groups excluding tert-OH is 1. The Morgan fingerprint density at radius 3 is 2.72 bits per heavy atom. The van der Waals surface area contributed by atoms with Crippen molar-refractivity contribution in [3.05, 3.63) is 29.3 Å². The Labute approximate surface area is 109 Å². The number of fused-ring (bicyclic) bond motifs is 2. The lowest BCUT2D eigenvalue weighted by Gasteiger charge is -2.46. The van der Waals surface area contributed by atoms with Gasteiger partial charge in [0.05, 0.1) is 13.2 Å². The predicted molar refractivity (Wildman–Crippen MR) is 72.1 cm³/mol. The molecule has 0 heterocycles. The van der Waals surface area contributed by atoms with Crippen molar-refractivity contribution in [2.45, 2.75) is 56.5 Å². The van der Waals surface area contributed by atoms with Gasteiger partial charge in [0.2, 0.25) is 0 Å². The molecule has 2 aliphatic rings. The highest BCUT2D eigenvalue weighted by atomic mass is 16.5. The van der Waals surface area contributed by atoms with E-state index < -0.39 is 0 Å². The van der Waals surface area contributed by atoms with E-state index in [-0.39, 0.29) is 11.5 Å². The van der Waals surface area contributed by atoms with Crippen LogP contribution >= 0.6 is 0 Å². The maximum Gasteiger partial charge on any atom is 0.119 e. The summed E-state index contributed by atoms with van der Waals surface area (Å²) in [6, 6.07) is 6.41. The lowest BCUT2D eigenvalue weighted by atomic mass is 9.61. The van der Waals surface area contributed by atoms with Crippen LogP contribution < -0.4 is 4.74 Å². The minimum absolute atomic E-state index is 0.0143. The number of aryl methyl sites for hydroxylation is 1. The topological polar surface area (TPSA) is 29.5 Å². The third-order valence-electron chi connectivity index (χ3n) is 4.92. The van der Waals surface area contributed by atoms with Gasteiger partial charge in [-0.05, 0) is 48.9 Å². The molecule has 98 valence electrons. The Morgan fingerprint density at radius 1 is 1.22 bits per heavy atom. The van der Waals surface area contributed by atoms with Crippen molar-refractivity contribution in [2.75, 3.05) is 7.11 Å². The van der Waals surface area contributed by atoms with Crippen molar-refractivity contribution in [1.29, 1.82) is 0 Å². The molecule has 0 aliphatic heterocycles. The molecule has 3 rings (SSSR count). The number of aliphatic hydroxyl groups is 1. The third-order valence-corrected chi connectivity index (χ3v) is 4.92. The molecular formula is C16H22O2. The smallest absolute Gasteiger partial charge is 0.119 e. The fourth-order valence-corrected chi connectivity index (χ4v) is 3.90. The molecule has 1 atom stereocenters. The molecule has 0 radical (unpaired) electrons. The standard InChI is InChI=1S/C16H22O2/c1-18-13-7-5-12-6-8-15(17)16(14(12)11-13)9-3-2-4-10-16/h5,7,11,15,17H,2-4,6,8-10H2,1H3. The summed E-state index contributed by atoms with van der Waals surface area (Å²) in [5.74, 6) is 0.924. The second kappa shape index (κ2) is 4.58. The molecule has 2 aliphatic carbocycles. The molecule has 0 amide bonds. The van der Waals surface area contributed by atoms with E-state index in [1.165, 1.54) is 30.4 Å². The number of ether oxygens (including phenoxy) is 1. The summed E-state index contributed by atoms with van der Waals surface area (Å²) in [6.07, 6.45) is 7.82. The molecule has 0 bridgehead atoms. The van der Waals surface area contributed by atoms with Crippen LogP contribution in [0.1, 0.15) is 49.7 Å². The van der Waals surface area contributed by atoms with Crippen LogP contribution in [0.2, 0.25) is 0 Å². The lowest BCUT2D eigenvalue weighted by molar-refractivity contribution is 0.0389. The summed E-state index contributed by atoms with van der Waals surface area (Å²) in [4.78, 5) is 0. The van der Waals surface area contributed by atoms with Crippen LogP contribution in [0.25, 0.3) is 0 Å². The van der Waals surface area contributed by atoms with Gasteiger partial charge in [-0.2, -0.15) is 0 Å². The molecule has 1 unspecified atom stereocenters. The van der Waals surface area contributed by atoms with Gasteiger partial charge in [-0.15, -0.1) is 0 Å². The van der Waals surface area contributed by atoms with Crippen LogP contribution in [0, 0.1) is 0 Å². The normalized spacial score (nSPS) is 25.8. The number of methoxy groups -OCH3 is 1. The van der Waals surface area contributed by atoms with E-state index in [2.05, 4.69) is 12.1 Å². The van der Waals surface area contributed by atoms with E-state index in [0.29, 0.717) is 0 Å². The predicted octanol–water partition coefficient (Wildman–Crippen LogP) is 3.20. The monoisotopic (exact) mass is 246 g/mol. The number of rotatable bonds is 1. The summed E-state index contributed by atoms with van der Waals surface area (Å²) >= 11 is 0. The molecule has 1 saturated carbocycles. The molecule has 0 saturated heterocycles. The van der Waals surface area contributed by atoms with Gasteiger partial charge in [-0.1, -0.05) is 25.3 Å². The quantitative estimate of drug-likeness (QED) is 0.824. The van der Waals surface area contributed by atoms with E-state index >= 15 is 0 Å². The van der Waals surface area contributed by atoms with Crippen LogP contribution in [0.3, 0.4) is 0 Å². The first-order chi connectivity index (χ1) is 8.76. The summed E-state index contributed by atoms with van der Waals surface area (Å²) in [6.45, 7) is 0. The highest BCUT2D eigenvalue weighted by molar-refractivity contribution is 5.44. The van der Waals surface area contributed by atoms with E-state index in [0.717, 1.165) is 31.4 Å².